The molecule has 3 saturated heterocycles. The molecular weight excluding hydrogens is 816 g/mol. The summed E-state index contributed by atoms with van der Waals surface area (Å²) in [5.41, 5.74) is -0.869. The van der Waals surface area contributed by atoms with E-state index in [4.69, 9.17) is 23.9 Å². The highest BCUT2D eigenvalue weighted by Gasteiger charge is 2.60. The molecular formula is C47H63FN4O9S. The van der Waals surface area contributed by atoms with Crippen molar-refractivity contribution in [2.75, 3.05) is 39.1 Å². The van der Waals surface area contributed by atoms with Crippen LogP contribution in [0.5, 0.6) is 0 Å². The number of carbonyl (C=O) groups excluding carboxylic acids is 4. The highest BCUT2D eigenvalue weighted by molar-refractivity contribution is 7.14. The molecule has 0 radical (unpaired) electrons. The lowest BCUT2D eigenvalue weighted by atomic mass is 9.66. The number of likely N-dealkylation sites (N-methyl/N-ethyl adjacent to an activating group) is 1. The molecule has 13 nitrogen and oxygen atoms in total. The molecule has 0 spiro atoms. The van der Waals surface area contributed by atoms with Gasteiger partial charge >= 0.3 is 12.1 Å². The highest BCUT2D eigenvalue weighted by Crippen LogP contribution is 2.46. The number of anilines is 1. The minimum absolute atomic E-state index is 0.201. The molecule has 2 aromatic rings. The van der Waals surface area contributed by atoms with Gasteiger partial charge in [0.05, 0.1) is 34.5 Å². The van der Waals surface area contributed by atoms with Crippen molar-refractivity contribution in [1.29, 1.82) is 0 Å². The third-order valence-electron chi connectivity index (χ3n) is 13.5. The number of carbonyl (C=O) groups is 4. The van der Waals surface area contributed by atoms with Crippen molar-refractivity contribution >= 4 is 46.5 Å². The molecule has 6 rings (SSSR count). The van der Waals surface area contributed by atoms with Gasteiger partial charge in [0.15, 0.2) is 17.7 Å². The Morgan fingerprint density at radius 3 is 2.48 bits per heavy atom. The Balaban J connectivity index is 1.42. The van der Waals surface area contributed by atoms with Crippen LogP contribution in [0.25, 0.3) is 0 Å². The normalized spacial score (nSPS) is 35.5. The Labute approximate surface area is 369 Å². The van der Waals surface area contributed by atoms with E-state index in [9.17, 15) is 28.7 Å². The predicted molar refractivity (Wildman–Crippen MR) is 234 cm³/mol. The van der Waals surface area contributed by atoms with Crippen LogP contribution in [-0.4, -0.2) is 127 Å². The second-order valence-corrected chi connectivity index (χ2v) is 19.5. The summed E-state index contributed by atoms with van der Waals surface area (Å²) in [5.74, 6) is 2.08. The van der Waals surface area contributed by atoms with Crippen molar-refractivity contribution in [3.8, 4) is 11.8 Å². The lowest BCUT2D eigenvalue weighted by Gasteiger charge is -2.47. The fourth-order valence-electron chi connectivity index (χ4n) is 10.3. The minimum Gasteiger partial charge on any atom is -0.458 e. The molecule has 13 atom stereocenters. The number of nitrogens with zero attached hydrogens (tertiary/aromatic N) is 4. The van der Waals surface area contributed by atoms with Gasteiger partial charge in [0.2, 0.25) is 0 Å². The number of halogens is 1. The molecule has 2 amide bonds. The number of rotatable bonds is 7. The average molecular weight is 879 g/mol. The molecule has 62 heavy (non-hydrogen) atoms. The van der Waals surface area contributed by atoms with Crippen LogP contribution in [0, 0.1) is 46.7 Å². The number of amides is 2. The van der Waals surface area contributed by atoms with Gasteiger partial charge in [0.1, 0.15) is 23.9 Å². The van der Waals surface area contributed by atoms with Crippen LogP contribution in [-0.2, 0) is 28.5 Å². The molecule has 338 valence electrons. The number of hydrogen-bond acceptors (Lipinski definition) is 12. The summed E-state index contributed by atoms with van der Waals surface area (Å²) in [4.78, 5) is 66.9. The number of hydrogen-bond donors (Lipinski definition) is 1. The fraction of sp³-hybridized carbons (Fsp3) is 0.638. The molecule has 1 aromatic carbocycles. The quantitative estimate of drug-likeness (QED) is 0.184. The summed E-state index contributed by atoms with van der Waals surface area (Å²) >= 11 is 1.22. The van der Waals surface area contributed by atoms with Gasteiger partial charge in [-0.05, 0) is 90.4 Å². The second-order valence-electron chi connectivity index (χ2n) is 18.4. The highest BCUT2D eigenvalue weighted by atomic mass is 32.1. The third kappa shape index (κ3) is 9.36. The van der Waals surface area contributed by atoms with E-state index in [1.807, 2.05) is 53.6 Å². The molecule has 0 unspecified atom stereocenters. The number of ether oxygens (including phenoxy) is 4. The number of benzene rings is 1. The smallest absolute Gasteiger partial charge is 0.410 e. The molecule has 0 saturated carbocycles. The van der Waals surface area contributed by atoms with E-state index >= 15 is 0 Å². The number of aliphatic hydroxyl groups excluding tert-OH is 1. The molecule has 1 N–H and O–H groups in total. The van der Waals surface area contributed by atoms with E-state index in [1.165, 1.54) is 35.3 Å². The van der Waals surface area contributed by atoms with Gasteiger partial charge in [-0.25, -0.2) is 9.18 Å². The van der Waals surface area contributed by atoms with E-state index in [0.717, 1.165) is 5.71 Å². The van der Waals surface area contributed by atoms with Gasteiger partial charge in [0, 0.05) is 54.7 Å². The average Bonchev–Trinajstić information content (AvgIpc) is 3.74. The Bertz CT molecular complexity index is 2100. The van der Waals surface area contributed by atoms with Gasteiger partial charge in [-0.2, -0.15) is 0 Å². The van der Waals surface area contributed by atoms with Gasteiger partial charge in [0.25, 0.3) is 5.91 Å². The van der Waals surface area contributed by atoms with Crippen LogP contribution in [0.3, 0.4) is 0 Å². The zero-order chi connectivity index (χ0) is 45.4. The summed E-state index contributed by atoms with van der Waals surface area (Å²) in [7, 11) is 5.37. The van der Waals surface area contributed by atoms with Gasteiger partial charge in [-0.1, -0.05) is 52.5 Å². The van der Waals surface area contributed by atoms with Crippen molar-refractivity contribution in [3.05, 3.63) is 52.0 Å². The SMILES string of the molecule is CC[C@H]1OC(=O)[C@H](C)C(=O)[C@H](C)[C@@H](O[C@@H]2O[C@H](C)C[C@H](N(C)C)[C@H]2O)[C@@](C)(CC#Cc2ccc(C(=O)N(C)c3cccc(F)c3)s2)C[C@@H](C)C2=NCCN3C(=O)O[C@@]1(C)[C@H]3[C@H]2C. The maximum atomic E-state index is 14.7. The number of fused-ring (bicyclic) bond motifs is 1. The number of ketones is 1. The minimum atomic E-state index is -1.22. The largest absolute Gasteiger partial charge is 0.458 e. The van der Waals surface area contributed by atoms with Crippen molar-refractivity contribution in [3.63, 3.8) is 0 Å². The lowest BCUT2D eigenvalue weighted by Crippen LogP contribution is -2.58. The molecule has 2 bridgehead atoms. The van der Waals surface area contributed by atoms with Crippen LogP contribution in [0.15, 0.2) is 41.4 Å². The molecule has 4 aliphatic heterocycles. The number of cyclic esters (lactones) is 1. The van der Waals surface area contributed by atoms with Gasteiger partial charge in [-0.15, -0.1) is 11.3 Å². The first-order valence-corrected chi connectivity index (χ1v) is 22.6. The third-order valence-corrected chi connectivity index (χ3v) is 14.5. The van der Waals surface area contributed by atoms with Crippen LogP contribution in [0.1, 0.15) is 95.6 Å². The standard InChI is InChI=1S/C47H63FN4O9S/c1-12-36-47(8)40-28(4)37(49-21-22-52(40)45(57)61-47)26(2)25-46(7,20-14-17-33-18-19-35(62-33)42(55)51(11)32-16-13-15-31(48)24-32)41(29(5)38(53)30(6)43(56)59-36)60-44-39(54)34(50(9)10)23-27(3)58-44/h13,15-16,18-19,24,26-30,34,36,39-41,44,54H,12,20-23,25H2,1-11H3/t26-,27-,28+,29+,30-,34+,36-,39-,40-,41-,44+,46+,47-/m1/s1. The maximum absolute atomic E-state index is 14.7. The molecule has 4 aliphatic rings. The van der Waals surface area contributed by atoms with E-state index in [1.54, 1.807) is 43.1 Å². The number of thiophene rings is 1. The predicted octanol–water partition coefficient (Wildman–Crippen LogP) is 6.60. The number of esters is 1. The van der Waals surface area contributed by atoms with Crippen LogP contribution >= 0.6 is 11.3 Å². The summed E-state index contributed by atoms with van der Waals surface area (Å²) in [6, 6.07) is 8.49. The Hall–Kier alpha value is -4.20. The van der Waals surface area contributed by atoms with Crippen LogP contribution in [0.2, 0.25) is 0 Å². The number of aliphatic hydroxyl groups is 1. The summed E-state index contributed by atoms with van der Waals surface area (Å²) in [6.07, 6.45) is -3.15. The summed E-state index contributed by atoms with van der Waals surface area (Å²) in [5, 5.41) is 11.7. The molecule has 0 aliphatic carbocycles. The van der Waals surface area contributed by atoms with Crippen molar-refractivity contribution in [2.45, 2.75) is 129 Å². The monoisotopic (exact) mass is 878 g/mol. The van der Waals surface area contributed by atoms with Crippen molar-refractivity contribution in [2.24, 2.45) is 34.1 Å². The van der Waals surface area contributed by atoms with Crippen LogP contribution < -0.4 is 4.90 Å². The molecule has 15 heteroatoms. The summed E-state index contributed by atoms with van der Waals surface area (Å²) in [6.45, 7) is 15.7. The molecule has 1 aromatic heterocycles. The van der Waals surface area contributed by atoms with E-state index in [0.29, 0.717) is 47.8 Å². The molecule has 3 fully saturated rings. The second kappa shape index (κ2) is 18.9. The van der Waals surface area contributed by atoms with E-state index in [2.05, 4.69) is 18.8 Å². The van der Waals surface area contributed by atoms with Gasteiger partial charge in [-0.3, -0.25) is 24.3 Å². The summed E-state index contributed by atoms with van der Waals surface area (Å²) < 4.78 is 39.5. The fourth-order valence-corrected chi connectivity index (χ4v) is 11.1. The van der Waals surface area contributed by atoms with Gasteiger partial charge < -0.3 is 33.9 Å². The van der Waals surface area contributed by atoms with Crippen molar-refractivity contribution in [1.82, 2.24) is 9.80 Å². The van der Waals surface area contributed by atoms with E-state index < -0.39 is 77.2 Å². The number of Topliss-reactive ketones (excluding diaryl/α,β-unsaturated/α-hetero) is 1. The lowest BCUT2D eigenvalue weighted by molar-refractivity contribution is -0.286. The Kier molecular flexibility index (Phi) is 14.4. The van der Waals surface area contributed by atoms with E-state index in [-0.39, 0.29) is 36.3 Å². The zero-order valence-electron chi connectivity index (χ0n) is 37.8. The first-order chi connectivity index (χ1) is 29.2. The van der Waals surface area contributed by atoms with Crippen molar-refractivity contribution < 1.29 is 47.6 Å². The Morgan fingerprint density at radius 1 is 1.08 bits per heavy atom. The first kappa shape index (κ1) is 47.3. The topological polar surface area (TPSA) is 148 Å². The first-order valence-electron chi connectivity index (χ1n) is 21.8. The van der Waals surface area contributed by atoms with Crippen LogP contribution in [0.4, 0.5) is 14.9 Å². The number of aliphatic imine (C=N–C) groups is 1. The maximum Gasteiger partial charge on any atom is 0.410 e. The Morgan fingerprint density at radius 2 is 1.81 bits per heavy atom. The molecule has 5 heterocycles. The zero-order valence-corrected chi connectivity index (χ0v) is 38.7.